The maximum absolute atomic E-state index is 4.56. The molecule has 2 heterocycles. The van der Waals surface area contributed by atoms with E-state index < -0.39 is 0 Å². The Bertz CT molecular complexity index is 752. The van der Waals surface area contributed by atoms with Crippen LogP contribution in [0, 0.1) is 13.8 Å². The van der Waals surface area contributed by atoms with Gasteiger partial charge in [-0.25, -0.2) is 9.97 Å². The van der Waals surface area contributed by atoms with Gasteiger partial charge in [0.1, 0.15) is 5.03 Å². The molecule has 2 aromatic heterocycles. The molecule has 0 aliphatic carbocycles. The number of pyridine rings is 1. The molecule has 0 bridgehead atoms. The van der Waals surface area contributed by atoms with Crippen molar-refractivity contribution in [3.05, 3.63) is 46.1 Å². The van der Waals surface area contributed by atoms with Crippen molar-refractivity contribution in [2.24, 2.45) is 0 Å². The van der Waals surface area contributed by atoms with E-state index in [9.17, 15) is 0 Å². The van der Waals surface area contributed by atoms with Crippen LogP contribution in [-0.4, -0.2) is 15.0 Å². The van der Waals surface area contributed by atoms with Crippen molar-refractivity contribution in [3.8, 4) is 0 Å². The Morgan fingerprint density at radius 2 is 1.95 bits per heavy atom. The van der Waals surface area contributed by atoms with Crippen molar-refractivity contribution in [1.29, 1.82) is 0 Å². The fraction of sp³-hybridized carbons (Fsp3) is 0.143. The number of halogens is 1. The average molecular weight is 334 g/mol. The van der Waals surface area contributed by atoms with Crippen molar-refractivity contribution < 1.29 is 0 Å². The molecule has 0 aliphatic heterocycles. The van der Waals surface area contributed by atoms with Crippen LogP contribution in [0.15, 0.2) is 45.0 Å². The number of fused-ring (bicyclic) bond motifs is 1. The molecule has 3 nitrogen and oxygen atoms in total. The summed E-state index contributed by atoms with van der Waals surface area (Å²) in [5.41, 5.74) is 4.26. The van der Waals surface area contributed by atoms with Crippen LogP contribution in [0.2, 0.25) is 0 Å². The van der Waals surface area contributed by atoms with Gasteiger partial charge < -0.3 is 4.98 Å². The molecule has 0 aliphatic rings. The fourth-order valence-electron chi connectivity index (χ4n) is 1.83. The molecular formula is C14H12BrN3S. The largest absolute Gasteiger partial charge is 0.333 e. The van der Waals surface area contributed by atoms with Crippen LogP contribution in [0.3, 0.4) is 0 Å². The lowest BCUT2D eigenvalue weighted by Crippen LogP contribution is -1.86. The SMILES string of the molecule is Cc1ccc2nc(Sc3ccc(Br)c(C)n3)[nH]c2c1. The number of aryl methyl sites for hydroxylation is 2. The van der Waals surface area contributed by atoms with Gasteiger partial charge in [0.05, 0.1) is 16.7 Å². The maximum Gasteiger partial charge on any atom is 0.172 e. The number of hydrogen-bond donors (Lipinski definition) is 1. The van der Waals surface area contributed by atoms with E-state index in [1.54, 1.807) is 11.8 Å². The summed E-state index contributed by atoms with van der Waals surface area (Å²) in [6.07, 6.45) is 0. The number of H-pyrrole nitrogens is 1. The van der Waals surface area contributed by atoms with Crippen LogP contribution in [0.25, 0.3) is 11.0 Å². The van der Waals surface area contributed by atoms with Gasteiger partial charge in [-0.1, -0.05) is 6.07 Å². The Morgan fingerprint density at radius 1 is 1.11 bits per heavy atom. The van der Waals surface area contributed by atoms with Crippen molar-refractivity contribution >= 4 is 38.7 Å². The molecule has 19 heavy (non-hydrogen) atoms. The van der Waals surface area contributed by atoms with Gasteiger partial charge in [0.15, 0.2) is 5.16 Å². The highest BCUT2D eigenvalue weighted by Gasteiger charge is 2.06. The topological polar surface area (TPSA) is 41.6 Å². The normalized spacial score (nSPS) is 11.1. The first-order valence-electron chi connectivity index (χ1n) is 5.89. The van der Waals surface area contributed by atoms with E-state index in [0.29, 0.717) is 0 Å². The summed E-state index contributed by atoms with van der Waals surface area (Å²) in [5.74, 6) is 0. The Hall–Kier alpha value is -1.33. The van der Waals surface area contributed by atoms with Crippen LogP contribution in [0.5, 0.6) is 0 Å². The quantitative estimate of drug-likeness (QED) is 0.751. The van der Waals surface area contributed by atoms with Crippen LogP contribution >= 0.6 is 27.7 Å². The molecule has 96 valence electrons. The second kappa shape index (κ2) is 4.98. The summed E-state index contributed by atoms with van der Waals surface area (Å²) in [6, 6.07) is 10.2. The van der Waals surface area contributed by atoms with E-state index >= 15 is 0 Å². The smallest absolute Gasteiger partial charge is 0.172 e. The lowest BCUT2D eigenvalue weighted by atomic mass is 10.2. The Balaban J connectivity index is 1.94. The second-order valence-corrected chi connectivity index (χ2v) is 6.24. The van der Waals surface area contributed by atoms with E-state index in [1.807, 2.05) is 25.1 Å². The van der Waals surface area contributed by atoms with Gasteiger partial charge in [-0.3, -0.25) is 0 Å². The molecule has 0 saturated carbocycles. The number of imidazole rings is 1. The Morgan fingerprint density at radius 3 is 2.74 bits per heavy atom. The summed E-state index contributed by atoms with van der Waals surface area (Å²) in [7, 11) is 0. The zero-order chi connectivity index (χ0) is 13.4. The second-order valence-electron chi connectivity index (χ2n) is 4.38. The highest BCUT2D eigenvalue weighted by atomic mass is 79.9. The van der Waals surface area contributed by atoms with Gasteiger partial charge in [-0.15, -0.1) is 0 Å². The monoisotopic (exact) mass is 333 g/mol. The first kappa shape index (κ1) is 12.7. The minimum Gasteiger partial charge on any atom is -0.333 e. The van der Waals surface area contributed by atoms with E-state index in [2.05, 4.69) is 49.9 Å². The summed E-state index contributed by atoms with van der Waals surface area (Å²) < 4.78 is 1.03. The van der Waals surface area contributed by atoms with Gasteiger partial charge in [-0.2, -0.15) is 0 Å². The minimum atomic E-state index is 0.870. The third kappa shape index (κ3) is 2.67. The average Bonchev–Trinajstić information content (AvgIpc) is 2.75. The molecule has 0 unspecified atom stereocenters. The molecule has 1 aromatic carbocycles. The van der Waals surface area contributed by atoms with E-state index in [1.165, 1.54) is 5.56 Å². The number of aromatic nitrogens is 3. The highest BCUT2D eigenvalue weighted by Crippen LogP contribution is 2.27. The Kier molecular flexibility index (Phi) is 3.33. The molecule has 5 heteroatoms. The van der Waals surface area contributed by atoms with Crippen molar-refractivity contribution in [1.82, 2.24) is 15.0 Å². The van der Waals surface area contributed by atoms with E-state index in [4.69, 9.17) is 0 Å². The molecule has 0 atom stereocenters. The van der Waals surface area contributed by atoms with Crippen LogP contribution in [0.4, 0.5) is 0 Å². The standard InChI is InChI=1S/C14H12BrN3S/c1-8-3-5-11-12(7-8)18-14(17-11)19-13-6-4-10(15)9(2)16-13/h3-7H,1-2H3,(H,17,18). The number of aromatic amines is 1. The van der Waals surface area contributed by atoms with Gasteiger partial charge in [0.2, 0.25) is 0 Å². The summed E-state index contributed by atoms with van der Waals surface area (Å²) >= 11 is 5.00. The van der Waals surface area contributed by atoms with Crippen molar-refractivity contribution in [2.75, 3.05) is 0 Å². The number of benzene rings is 1. The lowest BCUT2D eigenvalue weighted by molar-refractivity contribution is 1.02. The first-order valence-corrected chi connectivity index (χ1v) is 7.50. The van der Waals surface area contributed by atoms with Crippen molar-refractivity contribution in [3.63, 3.8) is 0 Å². The molecule has 3 aromatic rings. The van der Waals surface area contributed by atoms with Gasteiger partial charge in [0.25, 0.3) is 0 Å². The lowest BCUT2D eigenvalue weighted by Gasteiger charge is -2.00. The number of hydrogen-bond acceptors (Lipinski definition) is 3. The summed E-state index contributed by atoms with van der Waals surface area (Å²) in [5, 5.41) is 1.81. The van der Waals surface area contributed by atoms with Gasteiger partial charge in [-0.05, 0) is 71.4 Å². The minimum absolute atomic E-state index is 0.870. The fourth-order valence-corrected chi connectivity index (χ4v) is 2.87. The third-order valence-corrected chi connectivity index (χ3v) is 4.47. The predicted octanol–water partition coefficient (Wildman–Crippen LogP) is 4.49. The molecule has 0 spiro atoms. The molecule has 3 rings (SSSR count). The molecule has 1 N–H and O–H groups in total. The first-order chi connectivity index (χ1) is 9.11. The molecular weight excluding hydrogens is 322 g/mol. The zero-order valence-electron chi connectivity index (χ0n) is 10.6. The molecule has 0 radical (unpaired) electrons. The number of rotatable bonds is 2. The Labute approximate surface area is 124 Å². The molecule has 0 amide bonds. The van der Waals surface area contributed by atoms with Crippen molar-refractivity contribution in [2.45, 2.75) is 24.0 Å². The molecule has 0 saturated heterocycles. The summed E-state index contributed by atoms with van der Waals surface area (Å²) in [4.78, 5) is 12.4. The third-order valence-electron chi connectivity index (χ3n) is 2.81. The van der Waals surface area contributed by atoms with Gasteiger partial charge >= 0.3 is 0 Å². The van der Waals surface area contributed by atoms with E-state index in [0.717, 1.165) is 31.4 Å². The number of nitrogens with one attached hydrogen (secondary N) is 1. The highest BCUT2D eigenvalue weighted by molar-refractivity contribution is 9.10. The maximum atomic E-state index is 4.56. The van der Waals surface area contributed by atoms with Gasteiger partial charge in [0, 0.05) is 4.47 Å². The van der Waals surface area contributed by atoms with Crippen LogP contribution in [-0.2, 0) is 0 Å². The predicted molar refractivity (Wildman–Crippen MR) is 81.6 cm³/mol. The van der Waals surface area contributed by atoms with E-state index in [-0.39, 0.29) is 0 Å². The number of nitrogens with zero attached hydrogens (tertiary/aromatic N) is 2. The zero-order valence-corrected chi connectivity index (χ0v) is 13.0. The van der Waals surface area contributed by atoms with Crippen LogP contribution in [0.1, 0.15) is 11.3 Å². The van der Waals surface area contributed by atoms with Crippen LogP contribution < -0.4 is 0 Å². The molecule has 0 fully saturated rings. The summed E-state index contributed by atoms with van der Waals surface area (Å²) in [6.45, 7) is 4.06.